The Bertz CT molecular complexity index is 1600. The van der Waals surface area contributed by atoms with Gasteiger partial charge in [-0.2, -0.15) is 4.98 Å². The highest BCUT2D eigenvalue weighted by Gasteiger charge is 2.31. The average molecular weight is 575 g/mol. The van der Waals surface area contributed by atoms with Crippen LogP contribution in [0.25, 0.3) is 5.57 Å². The highest BCUT2D eigenvalue weighted by Crippen LogP contribution is 2.35. The van der Waals surface area contributed by atoms with Gasteiger partial charge in [0.2, 0.25) is 5.95 Å². The number of nitrogens with zero attached hydrogens (tertiary/aromatic N) is 3. The minimum absolute atomic E-state index is 0.00871. The predicted molar refractivity (Wildman–Crippen MR) is 144 cm³/mol. The smallest absolute Gasteiger partial charge is 0.309 e. The van der Waals surface area contributed by atoms with E-state index in [1.165, 1.54) is 25.3 Å². The minimum Gasteiger partial charge on any atom is -0.469 e. The highest BCUT2D eigenvalue weighted by atomic mass is 35.5. The van der Waals surface area contributed by atoms with Crippen LogP contribution in [0.5, 0.6) is 0 Å². The number of ether oxygens (including phenoxy) is 1. The summed E-state index contributed by atoms with van der Waals surface area (Å²) < 4.78 is 59.2. The molecule has 5 rings (SSSR count). The number of carbonyl (C=O) groups excluding carboxylic acids is 1. The number of aromatic nitrogens is 2. The first-order chi connectivity index (χ1) is 18.6. The molecule has 0 saturated carbocycles. The number of carbonyl (C=O) groups is 1. The van der Waals surface area contributed by atoms with Crippen molar-refractivity contribution in [3.05, 3.63) is 76.0 Å². The average Bonchev–Trinajstić information content (AvgIpc) is 2.91. The fraction of sp³-hybridized carbons (Fsp3) is 0.296. The molecule has 0 radical (unpaired) electrons. The van der Waals surface area contributed by atoms with Crippen LogP contribution >= 0.6 is 11.6 Å². The van der Waals surface area contributed by atoms with Gasteiger partial charge in [-0.1, -0.05) is 29.8 Å². The van der Waals surface area contributed by atoms with Crippen LogP contribution in [0.1, 0.15) is 29.7 Å². The molecule has 8 nitrogen and oxygen atoms in total. The quantitative estimate of drug-likeness (QED) is 0.416. The minimum atomic E-state index is -3.68. The van der Waals surface area contributed by atoms with Gasteiger partial charge in [0.05, 0.1) is 35.7 Å². The number of nitrogens with one attached hydrogen (secondary N) is 1. The monoisotopic (exact) mass is 574 g/mol. The molecule has 2 aliphatic rings. The van der Waals surface area contributed by atoms with Crippen molar-refractivity contribution in [2.75, 3.05) is 36.2 Å². The number of anilines is 3. The van der Waals surface area contributed by atoms with Crippen LogP contribution < -0.4 is 10.2 Å². The second kappa shape index (κ2) is 10.9. The SMILES string of the molecule is COC(=O)Cc1ccc(Nc2nc(N3CC=C(c4ccc(F)c(Cl)c4)CC3)nc3c2S(=O)(=O)CCC3)c(F)c1. The Morgan fingerprint density at radius 1 is 1.13 bits per heavy atom. The highest BCUT2D eigenvalue weighted by molar-refractivity contribution is 7.91. The van der Waals surface area contributed by atoms with Gasteiger partial charge in [-0.3, -0.25) is 4.79 Å². The summed E-state index contributed by atoms with van der Waals surface area (Å²) >= 11 is 5.94. The summed E-state index contributed by atoms with van der Waals surface area (Å²) in [6.45, 7) is 0.967. The van der Waals surface area contributed by atoms with E-state index in [1.807, 2.05) is 11.0 Å². The zero-order valence-electron chi connectivity index (χ0n) is 21.0. The Labute approximate surface area is 229 Å². The van der Waals surface area contributed by atoms with Crippen LogP contribution in [0.4, 0.5) is 26.2 Å². The summed E-state index contributed by atoms with van der Waals surface area (Å²) in [5, 5.41) is 2.91. The maximum absolute atomic E-state index is 15.0. The Kier molecular flexibility index (Phi) is 7.55. The van der Waals surface area contributed by atoms with Gasteiger partial charge in [0.25, 0.3) is 0 Å². The number of methoxy groups -OCH3 is 1. The molecule has 0 fully saturated rings. The summed E-state index contributed by atoms with van der Waals surface area (Å²) in [6, 6.07) is 8.78. The maximum Gasteiger partial charge on any atom is 0.309 e. The van der Waals surface area contributed by atoms with Crippen LogP contribution in [-0.4, -0.2) is 50.3 Å². The van der Waals surface area contributed by atoms with E-state index in [4.69, 9.17) is 11.6 Å². The molecule has 2 aliphatic heterocycles. The molecule has 0 aliphatic carbocycles. The molecule has 2 aromatic carbocycles. The van der Waals surface area contributed by atoms with Crippen molar-refractivity contribution >= 4 is 50.4 Å². The standard InChI is InChI=1S/C27H25ClF2N4O4S/c1-38-24(35)14-16-4-7-22(21(30)13-16)31-26-25-23(3-2-12-39(25,36)37)32-27(33-26)34-10-8-17(9-11-34)18-5-6-20(29)19(28)15-18/h4-8,13,15H,2-3,9-12,14H2,1H3,(H,31,32,33). The van der Waals surface area contributed by atoms with E-state index in [0.717, 1.165) is 11.1 Å². The molecular weight excluding hydrogens is 550 g/mol. The number of esters is 1. The fourth-order valence-electron chi connectivity index (χ4n) is 4.68. The molecule has 0 saturated heterocycles. The topological polar surface area (TPSA) is 101 Å². The first-order valence-electron chi connectivity index (χ1n) is 12.3. The van der Waals surface area contributed by atoms with Gasteiger partial charge in [0.15, 0.2) is 15.7 Å². The first-order valence-corrected chi connectivity index (χ1v) is 14.3. The number of halogens is 3. The van der Waals surface area contributed by atoms with Crippen LogP contribution in [0.3, 0.4) is 0 Å². The van der Waals surface area contributed by atoms with Crippen LogP contribution in [-0.2, 0) is 32.2 Å². The lowest BCUT2D eigenvalue weighted by molar-refractivity contribution is -0.139. The summed E-state index contributed by atoms with van der Waals surface area (Å²) in [6.07, 6.45) is 3.36. The molecule has 39 heavy (non-hydrogen) atoms. The number of hydrogen-bond acceptors (Lipinski definition) is 8. The fourth-order valence-corrected chi connectivity index (χ4v) is 6.49. The Balaban J connectivity index is 1.46. The number of sulfone groups is 1. The molecule has 0 bridgehead atoms. The third-order valence-corrected chi connectivity index (χ3v) is 8.87. The Morgan fingerprint density at radius 3 is 2.64 bits per heavy atom. The lowest BCUT2D eigenvalue weighted by Gasteiger charge is -2.29. The molecule has 204 valence electrons. The lowest BCUT2D eigenvalue weighted by Crippen LogP contribution is -2.31. The molecule has 3 aromatic rings. The largest absolute Gasteiger partial charge is 0.469 e. The van der Waals surface area contributed by atoms with Crippen LogP contribution in [0, 0.1) is 11.6 Å². The Hall–Kier alpha value is -3.57. The summed E-state index contributed by atoms with van der Waals surface area (Å²) in [7, 11) is -2.43. The maximum atomic E-state index is 15.0. The number of hydrogen-bond donors (Lipinski definition) is 1. The van der Waals surface area contributed by atoms with Crippen molar-refractivity contribution in [2.24, 2.45) is 0 Å². The molecule has 1 N–H and O–H groups in total. The van der Waals surface area contributed by atoms with Crippen molar-refractivity contribution in [1.29, 1.82) is 0 Å². The number of benzene rings is 2. The van der Waals surface area contributed by atoms with E-state index in [9.17, 15) is 22.0 Å². The molecule has 0 amide bonds. The zero-order valence-corrected chi connectivity index (χ0v) is 22.6. The molecule has 0 unspecified atom stereocenters. The molecule has 1 aromatic heterocycles. The second-order valence-corrected chi connectivity index (χ2v) is 11.8. The van der Waals surface area contributed by atoms with Crippen molar-refractivity contribution in [1.82, 2.24) is 9.97 Å². The van der Waals surface area contributed by atoms with Gasteiger partial charge in [0.1, 0.15) is 16.5 Å². The van der Waals surface area contributed by atoms with Gasteiger partial charge in [0, 0.05) is 13.1 Å². The van der Waals surface area contributed by atoms with E-state index in [0.29, 0.717) is 49.6 Å². The molecule has 0 atom stereocenters. The van der Waals surface area contributed by atoms with Crippen LogP contribution in [0.2, 0.25) is 5.02 Å². The molecular formula is C27H25ClF2N4O4S. The number of fused-ring (bicyclic) bond motifs is 1. The third-order valence-electron chi connectivity index (χ3n) is 6.71. The number of aryl methyl sites for hydroxylation is 1. The van der Waals surface area contributed by atoms with Gasteiger partial charge in [-0.15, -0.1) is 0 Å². The van der Waals surface area contributed by atoms with Crippen molar-refractivity contribution in [3.8, 4) is 0 Å². The van der Waals surface area contributed by atoms with E-state index in [1.54, 1.807) is 18.2 Å². The van der Waals surface area contributed by atoms with Gasteiger partial charge < -0.3 is 15.0 Å². The summed E-state index contributed by atoms with van der Waals surface area (Å²) in [5.74, 6) is -1.36. The van der Waals surface area contributed by atoms with Gasteiger partial charge >= 0.3 is 5.97 Å². The van der Waals surface area contributed by atoms with Crippen molar-refractivity contribution in [2.45, 2.75) is 30.6 Å². The van der Waals surface area contributed by atoms with Gasteiger partial charge in [-0.05, 0) is 60.2 Å². The van der Waals surface area contributed by atoms with E-state index in [-0.39, 0.29) is 33.6 Å². The van der Waals surface area contributed by atoms with Crippen molar-refractivity contribution < 1.29 is 26.7 Å². The Morgan fingerprint density at radius 2 is 1.95 bits per heavy atom. The molecule has 0 spiro atoms. The predicted octanol–water partition coefficient (Wildman–Crippen LogP) is 4.88. The summed E-state index contributed by atoms with van der Waals surface area (Å²) in [5.41, 5.74) is 2.65. The van der Waals surface area contributed by atoms with E-state index >= 15 is 0 Å². The first kappa shape index (κ1) is 27.0. The van der Waals surface area contributed by atoms with Crippen molar-refractivity contribution in [3.63, 3.8) is 0 Å². The summed E-state index contributed by atoms with van der Waals surface area (Å²) in [4.78, 5) is 22.5. The van der Waals surface area contributed by atoms with E-state index in [2.05, 4.69) is 20.0 Å². The zero-order chi connectivity index (χ0) is 27.7. The molecule has 12 heteroatoms. The second-order valence-electron chi connectivity index (χ2n) is 9.32. The lowest BCUT2D eigenvalue weighted by atomic mass is 9.99. The van der Waals surface area contributed by atoms with E-state index < -0.39 is 27.4 Å². The third kappa shape index (κ3) is 5.74. The molecule has 3 heterocycles. The number of rotatable bonds is 6. The normalized spacial score (nSPS) is 16.3. The van der Waals surface area contributed by atoms with Crippen LogP contribution in [0.15, 0.2) is 47.4 Å². The van der Waals surface area contributed by atoms with Gasteiger partial charge in [-0.25, -0.2) is 22.2 Å².